The molecule has 1 N–H and O–H groups in total. The molecule has 3 heterocycles. The Morgan fingerprint density at radius 1 is 1.20 bits per heavy atom. The largest absolute Gasteiger partial charge is 0.302 e. The molecule has 2 aliphatic heterocycles. The molecular formula is C21H28N4O3S2. The van der Waals surface area contributed by atoms with Gasteiger partial charge >= 0.3 is 0 Å². The van der Waals surface area contributed by atoms with E-state index >= 15 is 0 Å². The molecule has 0 saturated carbocycles. The van der Waals surface area contributed by atoms with Crippen LogP contribution in [0.25, 0.3) is 0 Å². The number of anilines is 1. The highest BCUT2D eigenvalue weighted by molar-refractivity contribution is 7.89. The highest BCUT2D eigenvalue weighted by Gasteiger charge is 2.31. The van der Waals surface area contributed by atoms with Crippen LogP contribution in [0.15, 0.2) is 30.3 Å². The van der Waals surface area contributed by atoms with E-state index in [0.717, 1.165) is 31.7 Å². The minimum absolute atomic E-state index is 0.0456. The number of nitrogens with one attached hydrogen (secondary N) is 1. The van der Waals surface area contributed by atoms with E-state index in [-0.39, 0.29) is 17.6 Å². The molecule has 1 saturated heterocycles. The van der Waals surface area contributed by atoms with Crippen molar-refractivity contribution in [1.29, 1.82) is 0 Å². The number of thiazole rings is 1. The summed E-state index contributed by atoms with van der Waals surface area (Å²) >= 11 is 1.56. The summed E-state index contributed by atoms with van der Waals surface area (Å²) in [5.41, 5.74) is 2.39. The van der Waals surface area contributed by atoms with Crippen molar-refractivity contribution in [3.05, 3.63) is 46.5 Å². The Balaban J connectivity index is 1.32. The van der Waals surface area contributed by atoms with E-state index in [1.165, 1.54) is 14.7 Å². The third-order valence-electron chi connectivity index (χ3n) is 5.87. The highest BCUT2D eigenvalue weighted by Crippen LogP contribution is 2.30. The zero-order valence-corrected chi connectivity index (χ0v) is 18.8. The third-order valence-corrected chi connectivity index (χ3v) is 8.75. The van der Waals surface area contributed by atoms with Crippen molar-refractivity contribution >= 4 is 32.4 Å². The van der Waals surface area contributed by atoms with Crippen LogP contribution in [0.5, 0.6) is 0 Å². The molecule has 4 rings (SSSR count). The second-order valence-corrected chi connectivity index (χ2v) is 11.2. The summed E-state index contributed by atoms with van der Waals surface area (Å²) in [6.45, 7) is 5.21. The average Bonchev–Trinajstić information content (AvgIpc) is 3.16. The molecular weight excluding hydrogens is 420 g/mol. The van der Waals surface area contributed by atoms with E-state index < -0.39 is 10.0 Å². The third kappa shape index (κ3) is 4.91. The molecule has 0 atom stereocenters. The van der Waals surface area contributed by atoms with Crippen LogP contribution in [-0.4, -0.2) is 53.9 Å². The summed E-state index contributed by atoms with van der Waals surface area (Å²) in [5.74, 6) is -0.102. The minimum Gasteiger partial charge on any atom is -0.302 e. The molecule has 1 fully saturated rings. The molecule has 0 bridgehead atoms. The second kappa shape index (κ2) is 9.13. The van der Waals surface area contributed by atoms with Crippen molar-refractivity contribution in [2.24, 2.45) is 5.92 Å². The Kier molecular flexibility index (Phi) is 6.52. The van der Waals surface area contributed by atoms with E-state index in [1.807, 2.05) is 6.07 Å². The maximum absolute atomic E-state index is 12.7. The van der Waals surface area contributed by atoms with Gasteiger partial charge < -0.3 is 5.32 Å². The molecule has 9 heteroatoms. The van der Waals surface area contributed by atoms with Gasteiger partial charge in [-0.15, -0.1) is 11.3 Å². The number of sulfonamides is 1. The monoisotopic (exact) mass is 448 g/mol. The number of rotatable bonds is 6. The van der Waals surface area contributed by atoms with E-state index in [4.69, 9.17) is 0 Å². The summed E-state index contributed by atoms with van der Waals surface area (Å²) in [5, 5.41) is 3.65. The van der Waals surface area contributed by atoms with E-state index in [0.29, 0.717) is 31.1 Å². The summed E-state index contributed by atoms with van der Waals surface area (Å²) in [7, 11) is -3.17. The number of fused-ring (bicyclic) bond motifs is 1. The van der Waals surface area contributed by atoms with Crippen molar-refractivity contribution < 1.29 is 13.2 Å². The molecule has 2 aromatic rings. The number of hydrogen-bond donors (Lipinski definition) is 1. The Morgan fingerprint density at radius 2 is 1.93 bits per heavy atom. The van der Waals surface area contributed by atoms with E-state index in [9.17, 15) is 13.2 Å². The lowest BCUT2D eigenvalue weighted by molar-refractivity contribution is -0.120. The van der Waals surface area contributed by atoms with E-state index in [1.54, 1.807) is 18.3 Å². The second-order valence-electron chi connectivity index (χ2n) is 7.90. The Bertz CT molecular complexity index is 983. The number of piperidine rings is 1. The number of hydrogen-bond acceptors (Lipinski definition) is 6. The molecule has 2 aliphatic rings. The van der Waals surface area contributed by atoms with Gasteiger partial charge in [0, 0.05) is 49.9 Å². The molecule has 30 heavy (non-hydrogen) atoms. The molecule has 1 aromatic heterocycles. The van der Waals surface area contributed by atoms with Crippen LogP contribution in [-0.2, 0) is 34.3 Å². The smallest absolute Gasteiger partial charge is 0.229 e. The topological polar surface area (TPSA) is 82.6 Å². The first kappa shape index (κ1) is 21.4. The maximum Gasteiger partial charge on any atom is 0.229 e. The number of benzene rings is 1. The van der Waals surface area contributed by atoms with Crippen molar-refractivity contribution in [3.63, 3.8) is 0 Å². The summed E-state index contributed by atoms with van der Waals surface area (Å²) < 4.78 is 25.5. The van der Waals surface area contributed by atoms with Crippen molar-refractivity contribution in [2.75, 3.05) is 30.7 Å². The first-order chi connectivity index (χ1) is 14.4. The fourth-order valence-corrected chi connectivity index (χ4v) is 6.25. The highest BCUT2D eigenvalue weighted by atomic mass is 32.2. The van der Waals surface area contributed by atoms with Crippen LogP contribution in [0.4, 0.5) is 5.13 Å². The number of carbonyl (C=O) groups is 1. The minimum atomic E-state index is -3.17. The van der Waals surface area contributed by atoms with Crippen LogP contribution in [0, 0.1) is 5.92 Å². The lowest BCUT2D eigenvalue weighted by Gasteiger charge is -2.30. The summed E-state index contributed by atoms with van der Waals surface area (Å²) in [4.78, 5) is 21.0. The predicted octanol–water partition coefficient (Wildman–Crippen LogP) is 2.70. The van der Waals surface area contributed by atoms with Gasteiger partial charge in [-0.2, -0.15) is 0 Å². The number of amides is 1. The molecule has 7 nitrogen and oxygen atoms in total. The van der Waals surface area contributed by atoms with Gasteiger partial charge in [0.1, 0.15) is 0 Å². The maximum atomic E-state index is 12.7. The van der Waals surface area contributed by atoms with Gasteiger partial charge in [-0.05, 0) is 25.3 Å². The van der Waals surface area contributed by atoms with Crippen LogP contribution in [0.1, 0.15) is 35.9 Å². The van der Waals surface area contributed by atoms with Gasteiger partial charge in [-0.1, -0.05) is 30.3 Å². The molecule has 1 aromatic carbocycles. The van der Waals surface area contributed by atoms with Crippen LogP contribution in [0.3, 0.4) is 0 Å². The molecule has 0 unspecified atom stereocenters. The van der Waals surface area contributed by atoms with Crippen molar-refractivity contribution in [2.45, 2.75) is 39.3 Å². The molecule has 0 spiro atoms. The number of carbonyl (C=O) groups excluding carboxylic acids is 1. The predicted molar refractivity (Wildman–Crippen MR) is 119 cm³/mol. The Hall–Kier alpha value is -1.81. The Labute approximate surface area is 182 Å². The van der Waals surface area contributed by atoms with Crippen molar-refractivity contribution in [3.8, 4) is 0 Å². The number of nitrogens with zero attached hydrogens (tertiary/aromatic N) is 3. The fraction of sp³-hybridized carbons (Fsp3) is 0.524. The fourth-order valence-electron chi connectivity index (χ4n) is 4.06. The lowest BCUT2D eigenvalue weighted by atomic mass is 9.97. The lowest BCUT2D eigenvalue weighted by Crippen LogP contribution is -2.42. The number of aromatic nitrogens is 1. The molecule has 162 valence electrons. The summed E-state index contributed by atoms with van der Waals surface area (Å²) in [6, 6.07) is 10.4. The van der Waals surface area contributed by atoms with Gasteiger partial charge in [0.2, 0.25) is 15.9 Å². The zero-order valence-electron chi connectivity index (χ0n) is 17.2. The van der Waals surface area contributed by atoms with Gasteiger partial charge in [-0.3, -0.25) is 9.69 Å². The van der Waals surface area contributed by atoms with Gasteiger partial charge in [0.05, 0.1) is 11.4 Å². The summed E-state index contributed by atoms with van der Waals surface area (Å²) in [6.07, 6.45) is 2.00. The quantitative estimate of drug-likeness (QED) is 0.735. The van der Waals surface area contributed by atoms with E-state index in [2.05, 4.69) is 39.5 Å². The van der Waals surface area contributed by atoms with Gasteiger partial charge in [-0.25, -0.2) is 17.7 Å². The standard InChI is InChI=1S/C21H28N4O3S2/c1-2-30(27,28)25-12-8-17(9-13-25)20(26)23-21-22-18-10-11-24(15-19(18)29-21)14-16-6-4-3-5-7-16/h3-7,17H,2,8-15H2,1H3,(H,22,23,26). The first-order valence-electron chi connectivity index (χ1n) is 10.5. The molecule has 0 aliphatic carbocycles. The molecule has 0 radical (unpaired) electrons. The van der Waals surface area contributed by atoms with Crippen LogP contribution < -0.4 is 5.32 Å². The average molecular weight is 449 g/mol. The Morgan fingerprint density at radius 3 is 2.63 bits per heavy atom. The molecule has 1 amide bonds. The van der Waals surface area contributed by atoms with Gasteiger partial charge in [0.25, 0.3) is 0 Å². The SMILES string of the molecule is CCS(=O)(=O)N1CCC(C(=O)Nc2nc3c(s2)CN(Cc2ccccc2)CC3)CC1. The first-order valence-corrected chi connectivity index (χ1v) is 12.9. The zero-order chi connectivity index (χ0) is 21.1. The van der Waals surface area contributed by atoms with Crippen molar-refractivity contribution in [1.82, 2.24) is 14.2 Å². The van der Waals surface area contributed by atoms with Gasteiger partial charge in [0.15, 0.2) is 5.13 Å². The van der Waals surface area contributed by atoms with Crippen LogP contribution >= 0.6 is 11.3 Å². The van der Waals surface area contributed by atoms with Crippen LogP contribution in [0.2, 0.25) is 0 Å². The normalized spacial score (nSPS) is 18.8.